The highest BCUT2D eigenvalue weighted by Gasteiger charge is 2.25. The van der Waals surface area contributed by atoms with Crippen LogP contribution in [0.5, 0.6) is 0 Å². The van der Waals surface area contributed by atoms with Crippen molar-refractivity contribution in [2.75, 3.05) is 13.2 Å². The molecule has 1 aliphatic heterocycles. The van der Waals surface area contributed by atoms with E-state index in [4.69, 9.17) is 9.47 Å². The number of carbonyl (C=O) groups is 4. The van der Waals surface area contributed by atoms with Crippen molar-refractivity contribution in [2.24, 2.45) is 0 Å². The first-order valence-corrected chi connectivity index (χ1v) is 10.4. The summed E-state index contributed by atoms with van der Waals surface area (Å²) in [5, 5.41) is 1.14. The molecule has 3 aromatic carbocycles. The molecule has 2 bridgehead atoms. The molecule has 0 radical (unpaired) electrons. The van der Waals surface area contributed by atoms with Crippen LogP contribution in [0.4, 0.5) is 0 Å². The van der Waals surface area contributed by atoms with E-state index in [1.54, 1.807) is 48.5 Å². The zero-order valence-electron chi connectivity index (χ0n) is 17.9. The van der Waals surface area contributed by atoms with Crippen LogP contribution in [0.1, 0.15) is 68.1 Å². The van der Waals surface area contributed by atoms with Crippen LogP contribution in [0.2, 0.25) is 0 Å². The third-order valence-electron chi connectivity index (χ3n) is 5.51. The summed E-state index contributed by atoms with van der Waals surface area (Å²) in [7, 11) is 0. The lowest BCUT2D eigenvalue weighted by molar-refractivity contribution is 0.0433. The fraction of sp³-hybridized carbons (Fsp3) is 0.231. The summed E-state index contributed by atoms with van der Waals surface area (Å²) in [5.74, 6) is -1.56. The highest BCUT2D eigenvalue weighted by Crippen LogP contribution is 2.38. The van der Waals surface area contributed by atoms with Crippen LogP contribution in [-0.2, 0) is 9.47 Å². The van der Waals surface area contributed by atoms with Crippen molar-refractivity contribution in [2.45, 2.75) is 26.7 Å². The van der Waals surface area contributed by atoms with Gasteiger partial charge in [0, 0.05) is 22.1 Å². The summed E-state index contributed by atoms with van der Waals surface area (Å²) in [4.78, 5) is 50.8. The van der Waals surface area contributed by atoms with Crippen LogP contribution in [0, 0.1) is 0 Å². The van der Waals surface area contributed by atoms with E-state index in [1.807, 2.05) is 0 Å². The van der Waals surface area contributed by atoms with Crippen molar-refractivity contribution in [3.63, 3.8) is 0 Å². The summed E-state index contributed by atoms with van der Waals surface area (Å²) in [6.45, 7) is 3.17. The molecule has 0 saturated heterocycles. The fourth-order valence-corrected chi connectivity index (χ4v) is 4.06. The van der Waals surface area contributed by atoms with E-state index in [-0.39, 0.29) is 35.9 Å². The lowest BCUT2D eigenvalue weighted by Crippen LogP contribution is -2.13. The summed E-state index contributed by atoms with van der Waals surface area (Å²) >= 11 is 0. The van der Waals surface area contributed by atoms with E-state index in [0.717, 1.165) is 0 Å². The zero-order valence-corrected chi connectivity index (χ0v) is 17.9. The second kappa shape index (κ2) is 8.75. The van der Waals surface area contributed by atoms with Crippen LogP contribution in [0.15, 0.2) is 48.5 Å². The Morgan fingerprint density at radius 2 is 1.44 bits per heavy atom. The molecule has 1 aliphatic rings. The van der Waals surface area contributed by atoms with Crippen molar-refractivity contribution < 1.29 is 28.7 Å². The summed E-state index contributed by atoms with van der Waals surface area (Å²) in [5.41, 5.74) is 2.08. The van der Waals surface area contributed by atoms with Crippen molar-refractivity contribution in [1.29, 1.82) is 0 Å². The smallest absolute Gasteiger partial charge is 0.338 e. The maximum Gasteiger partial charge on any atom is 0.338 e. The molecular formula is C26H22O6. The predicted molar refractivity (Wildman–Crippen MR) is 119 cm³/mol. The van der Waals surface area contributed by atoms with Crippen LogP contribution in [0.25, 0.3) is 21.9 Å². The normalized spacial score (nSPS) is 14.3. The van der Waals surface area contributed by atoms with Gasteiger partial charge in [-0.05, 0) is 61.9 Å². The minimum atomic E-state index is -0.507. The van der Waals surface area contributed by atoms with Crippen molar-refractivity contribution >= 4 is 34.3 Å². The molecule has 0 aliphatic carbocycles. The number of rotatable bonds is 2. The molecule has 0 N–H and O–H groups in total. The molecule has 0 fully saturated rings. The number of carbonyl (C=O) groups excluding carboxylic acids is 4. The molecule has 0 unspecified atom stereocenters. The Hall–Kier alpha value is -3.80. The van der Waals surface area contributed by atoms with E-state index >= 15 is 0 Å². The van der Waals surface area contributed by atoms with Gasteiger partial charge in [-0.25, -0.2) is 9.59 Å². The van der Waals surface area contributed by atoms with E-state index in [9.17, 15) is 19.2 Å². The molecule has 6 heteroatoms. The van der Waals surface area contributed by atoms with Gasteiger partial charge < -0.3 is 9.47 Å². The van der Waals surface area contributed by atoms with Crippen molar-refractivity contribution in [3.05, 3.63) is 70.8 Å². The first-order valence-electron chi connectivity index (χ1n) is 10.4. The fourth-order valence-electron chi connectivity index (χ4n) is 4.06. The Morgan fingerprint density at radius 3 is 2.12 bits per heavy atom. The molecule has 4 rings (SSSR count). The maximum atomic E-state index is 13.0. The highest BCUT2D eigenvalue weighted by atomic mass is 16.5. The number of ether oxygens (including phenoxy) is 2. The molecular weight excluding hydrogens is 408 g/mol. The number of fused-ring (bicyclic) bond motifs is 3. The monoisotopic (exact) mass is 430 g/mol. The molecule has 0 spiro atoms. The van der Waals surface area contributed by atoms with Crippen molar-refractivity contribution in [1.82, 2.24) is 0 Å². The maximum absolute atomic E-state index is 13.0. The lowest BCUT2D eigenvalue weighted by atomic mass is 9.84. The van der Waals surface area contributed by atoms with Gasteiger partial charge in [0.2, 0.25) is 0 Å². The number of hydrogen-bond acceptors (Lipinski definition) is 6. The standard InChI is InChI=1S/C26H22O6/c1-15(27)21-14-18-8-6-10-20-23(18)24(22(21)16(2)28)17-7-5-9-19(13-17)25(29)31-11-3-4-12-32-26(20)30/h5-10,13-14H,3-4,11-12H2,1-2H3. The lowest BCUT2D eigenvalue weighted by Gasteiger charge is -2.18. The van der Waals surface area contributed by atoms with Gasteiger partial charge in [-0.1, -0.05) is 24.3 Å². The average Bonchev–Trinajstić information content (AvgIpc) is 2.78. The summed E-state index contributed by atoms with van der Waals surface area (Å²) in [6, 6.07) is 13.5. The summed E-state index contributed by atoms with van der Waals surface area (Å²) in [6.07, 6.45) is 1.11. The number of ketones is 2. The Labute approximate surface area is 185 Å². The number of benzene rings is 3. The quantitative estimate of drug-likeness (QED) is 0.419. The minimum Gasteiger partial charge on any atom is -0.462 e. The van der Waals surface area contributed by atoms with E-state index in [0.29, 0.717) is 45.9 Å². The molecule has 0 aromatic heterocycles. The third-order valence-corrected chi connectivity index (χ3v) is 5.51. The third kappa shape index (κ3) is 3.91. The number of Topliss-reactive ketones (excluding diaryl/α,β-unsaturated/α-hetero) is 2. The van der Waals surface area contributed by atoms with Gasteiger partial charge in [0.05, 0.1) is 24.3 Å². The SMILES string of the molecule is CC(=O)c1cc2cccc3c2c(c1C(C)=O)-c1cccc(c1)C(=O)OCCCCOC3=O. The molecule has 3 aromatic rings. The van der Waals surface area contributed by atoms with Crippen LogP contribution < -0.4 is 0 Å². The Balaban J connectivity index is 2.15. The molecule has 6 nitrogen and oxygen atoms in total. The van der Waals surface area contributed by atoms with Crippen LogP contribution >= 0.6 is 0 Å². The number of hydrogen-bond donors (Lipinski definition) is 0. The Bertz CT molecular complexity index is 1270. The first kappa shape index (κ1) is 21.4. The molecule has 1 heterocycles. The van der Waals surface area contributed by atoms with E-state index in [2.05, 4.69) is 0 Å². The van der Waals surface area contributed by atoms with Gasteiger partial charge in [-0.15, -0.1) is 0 Å². The van der Waals surface area contributed by atoms with E-state index < -0.39 is 11.9 Å². The second-order valence-electron chi connectivity index (χ2n) is 7.75. The van der Waals surface area contributed by atoms with Crippen LogP contribution in [0.3, 0.4) is 0 Å². The van der Waals surface area contributed by atoms with Gasteiger partial charge in [0.25, 0.3) is 0 Å². The topological polar surface area (TPSA) is 86.7 Å². The van der Waals surface area contributed by atoms with E-state index in [1.165, 1.54) is 13.8 Å². The summed E-state index contributed by atoms with van der Waals surface area (Å²) < 4.78 is 10.8. The van der Waals surface area contributed by atoms with Crippen LogP contribution in [-0.4, -0.2) is 36.7 Å². The molecule has 32 heavy (non-hydrogen) atoms. The number of esters is 2. The Kier molecular flexibility index (Phi) is 5.86. The predicted octanol–water partition coefficient (Wildman–Crippen LogP) is 5.02. The Morgan fingerprint density at radius 1 is 0.781 bits per heavy atom. The van der Waals surface area contributed by atoms with Gasteiger partial charge in [-0.3, -0.25) is 9.59 Å². The second-order valence-corrected chi connectivity index (χ2v) is 7.75. The zero-order chi connectivity index (χ0) is 22.8. The van der Waals surface area contributed by atoms with Gasteiger partial charge in [0.1, 0.15) is 0 Å². The highest BCUT2D eigenvalue weighted by molar-refractivity contribution is 6.21. The van der Waals surface area contributed by atoms with Gasteiger partial charge in [0.15, 0.2) is 11.6 Å². The van der Waals surface area contributed by atoms with Gasteiger partial charge >= 0.3 is 11.9 Å². The van der Waals surface area contributed by atoms with Crippen molar-refractivity contribution in [3.8, 4) is 11.1 Å². The number of cyclic esters (lactones) is 2. The average molecular weight is 430 g/mol. The molecule has 162 valence electrons. The van der Waals surface area contributed by atoms with Gasteiger partial charge in [-0.2, -0.15) is 0 Å². The minimum absolute atomic E-state index is 0.179. The largest absolute Gasteiger partial charge is 0.462 e. The molecule has 0 saturated carbocycles. The molecule has 0 amide bonds. The molecule has 0 atom stereocenters. The first-order chi connectivity index (χ1) is 15.4.